The highest BCUT2D eigenvalue weighted by atomic mass is 16.7. The third-order valence-electron chi connectivity index (χ3n) is 7.38. The number of aliphatic hydroxyl groups is 4. The molecule has 3 unspecified atom stereocenters. The van der Waals surface area contributed by atoms with Crippen molar-refractivity contribution in [1.82, 2.24) is 0 Å². The Balaban J connectivity index is 2.54. The number of rotatable bonds is 26. The van der Waals surface area contributed by atoms with Gasteiger partial charge in [-0.2, -0.15) is 0 Å². The minimum Gasteiger partial charge on any atom is -0.462 e. The number of hydrogen-bond acceptors (Lipinski definition) is 10. The molecule has 0 saturated carbocycles. The van der Waals surface area contributed by atoms with E-state index in [4.69, 9.17) is 18.9 Å². The molecule has 1 aliphatic rings. The van der Waals surface area contributed by atoms with E-state index in [9.17, 15) is 30.0 Å². The summed E-state index contributed by atoms with van der Waals surface area (Å²) in [5.41, 5.74) is 0. The van der Waals surface area contributed by atoms with E-state index in [1.807, 2.05) is 91.1 Å². The molecule has 10 heteroatoms. The normalized spacial score (nSPS) is 22.5. The van der Waals surface area contributed by atoms with Crippen molar-refractivity contribution in [2.24, 2.45) is 0 Å². The number of aliphatic hydroxyl groups excluding tert-OH is 4. The Morgan fingerprint density at radius 2 is 1.12 bits per heavy atom. The van der Waals surface area contributed by atoms with E-state index >= 15 is 0 Å². The van der Waals surface area contributed by atoms with Gasteiger partial charge in [0.1, 0.15) is 31.0 Å². The lowest BCUT2D eigenvalue weighted by Crippen LogP contribution is -2.59. The van der Waals surface area contributed by atoms with E-state index in [1.54, 1.807) is 0 Å². The van der Waals surface area contributed by atoms with Crippen molar-refractivity contribution in [1.29, 1.82) is 0 Å². The number of carbonyl (C=O) groups excluding carboxylic acids is 2. The van der Waals surface area contributed by atoms with Gasteiger partial charge in [-0.05, 0) is 44.9 Å². The minimum absolute atomic E-state index is 0.117. The first-order valence-electron chi connectivity index (χ1n) is 18.1. The quantitative estimate of drug-likeness (QED) is 0.0463. The maximum Gasteiger partial charge on any atom is 0.306 e. The number of esters is 2. The van der Waals surface area contributed by atoms with Crippen LogP contribution in [0, 0.1) is 0 Å². The molecule has 51 heavy (non-hydrogen) atoms. The molecule has 1 saturated heterocycles. The molecule has 1 heterocycles. The van der Waals surface area contributed by atoms with Gasteiger partial charge in [-0.25, -0.2) is 0 Å². The Hall–Kier alpha value is -3.64. The van der Waals surface area contributed by atoms with Gasteiger partial charge in [-0.15, -0.1) is 0 Å². The maximum atomic E-state index is 12.6. The van der Waals surface area contributed by atoms with E-state index in [-0.39, 0.29) is 26.1 Å². The smallest absolute Gasteiger partial charge is 0.306 e. The lowest BCUT2D eigenvalue weighted by atomic mass is 9.99. The van der Waals surface area contributed by atoms with Crippen LogP contribution in [0.25, 0.3) is 0 Å². The summed E-state index contributed by atoms with van der Waals surface area (Å²) in [5.74, 6) is -0.958. The molecule has 4 N–H and O–H groups in total. The highest BCUT2D eigenvalue weighted by molar-refractivity contribution is 5.70. The molecule has 0 aromatic heterocycles. The van der Waals surface area contributed by atoms with Gasteiger partial charge in [0.2, 0.25) is 0 Å². The summed E-state index contributed by atoms with van der Waals surface area (Å²) in [6.07, 6.45) is 34.0. The van der Waals surface area contributed by atoms with Gasteiger partial charge < -0.3 is 39.4 Å². The second-order valence-corrected chi connectivity index (χ2v) is 11.8. The summed E-state index contributed by atoms with van der Waals surface area (Å²) < 4.78 is 21.9. The first-order valence-corrected chi connectivity index (χ1v) is 18.1. The molecular formula is C41H60O10. The third kappa shape index (κ3) is 23.5. The first kappa shape index (κ1) is 45.4. The summed E-state index contributed by atoms with van der Waals surface area (Å²) in [6, 6.07) is 0. The van der Waals surface area contributed by atoms with Crippen LogP contribution >= 0.6 is 0 Å². The Morgan fingerprint density at radius 3 is 1.67 bits per heavy atom. The standard InChI is InChI=1S/C41H60O10/c1-3-5-7-9-11-13-15-17-19-21-23-25-27-29-36(43)48-32-34(33-49-41-40(47)39(46)38(45)35(31-42)51-41)50-37(44)30-28-26-24-22-20-18-16-14-12-10-8-6-4-2/h5-20,22,24,34-35,38-42,45-47H,3-4,21,23,25-33H2,1-2H3/b7-5+,8-6+,11-9+,12-10+,15-13+,16-14+,19-17+,20-18+,24-22+/t34?,35-,38+,39?,40?,41-/m0/s1. The van der Waals surface area contributed by atoms with Crippen molar-refractivity contribution in [3.05, 3.63) is 109 Å². The second kappa shape index (κ2) is 31.1. The molecule has 0 amide bonds. The topological polar surface area (TPSA) is 152 Å². The lowest BCUT2D eigenvalue weighted by Gasteiger charge is -2.39. The molecule has 1 rings (SSSR count). The van der Waals surface area contributed by atoms with Crippen molar-refractivity contribution in [3.63, 3.8) is 0 Å². The lowest BCUT2D eigenvalue weighted by molar-refractivity contribution is -0.305. The molecule has 0 aromatic carbocycles. The summed E-state index contributed by atoms with van der Waals surface area (Å²) in [7, 11) is 0. The van der Waals surface area contributed by atoms with Crippen molar-refractivity contribution in [2.45, 2.75) is 115 Å². The molecule has 0 bridgehead atoms. The van der Waals surface area contributed by atoms with Crippen LogP contribution in [0.1, 0.15) is 78.1 Å². The van der Waals surface area contributed by atoms with Crippen molar-refractivity contribution in [3.8, 4) is 0 Å². The number of hydrogen-bond donors (Lipinski definition) is 4. The molecular weight excluding hydrogens is 652 g/mol. The van der Waals surface area contributed by atoms with Crippen molar-refractivity contribution < 1.29 is 49.0 Å². The zero-order valence-electron chi connectivity index (χ0n) is 30.3. The Kier molecular flexibility index (Phi) is 27.7. The van der Waals surface area contributed by atoms with Crippen LogP contribution in [0.4, 0.5) is 0 Å². The Labute approximate surface area is 304 Å². The predicted octanol–water partition coefficient (Wildman–Crippen LogP) is 6.20. The van der Waals surface area contributed by atoms with Crippen molar-refractivity contribution in [2.75, 3.05) is 19.8 Å². The van der Waals surface area contributed by atoms with E-state index in [0.717, 1.165) is 32.1 Å². The summed E-state index contributed by atoms with van der Waals surface area (Å²) >= 11 is 0. The number of ether oxygens (including phenoxy) is 4. The van der Waals surface area contributed by atoms with Gasteiger partial charge in [-0.1, -0.05) is 130 Å². The van der Waals surface area contributed by atoms with Crippen LogP contribution in [0.2, 0.25) is 0 Å². The predicted molar refractivity (Wildman–Crippen MR) is 200 cm³/mol. The van der Waals surface area contributed by atoms with E-state index in [1.165, 1.54) is 0 Å². The number of carbonyl (C=O) groups is 2. The molecule has 0 aliphatic carbocycles. The monoisotopic (exact) mass is 712 g/mol. The van der Waals surface area contributed by atoms with Gasteiger partial charge >= 0.3 is 11.9 Å². The zero-order valence-corrected chi connectivity index (χ0v) is 30.3. The maximum absolute atomic E-state index is 12.6. The highest BCUT2D eigenvalue weighted by Gasteiger charge is 2.44. The highest BCUT2D eigenvalue weighted by Crippen LogP contribution is 2.22. The van der Waals surface area contributed by atoms with Crippen molar-refractivity contribution >= 4 is 11.9 Å². The van der Waals surface area contributed by atoms with E-state index in [0.29, 0.717) is 19.3 Å². The molecule has 0 radical (unpaired) electrons. The average Bonchev–Trinajstić information content (AvgIpc) is 3.13. The number of allylic oxidation sites excluding steroid dienone is 18. The molecule has 284 valence electrons. The third-order valence-corrected chi connectivity index (χ3v) is 7.38. The molecule has 1 fully saturated rings. The van der Waals surface area contributed by atoms with E-state index in [2.05, 4.69) is 32.1 Å². The van der Waals surface area contributed by atoms with Crippen LogP contribution < -0.4 is 0 Å². The fraction of sp³-hybridized carbons (Fsp3) is 0.512. The van der Waals surface area contributed by atoms with Gasteiger partial charge in [0, 0.05) is 12.8 Å². The molecule has 0 spiro atoms. The summed E-state index contributed by atoms with van der Waals surface area (Å²) in [5, 5.41) is 39.8. The minimum atomic E-state index is -1.62. The van der Waals surface area contributed by atoms with Crippen LogP contribution in [0.3, 0.4) is 0 Å². The van der Waals surface area contributed by atoms with Gasteiger partial charge in [-0.3, -0.25) is 9.59 Å². The molecule has 10 nitrogen and oxygen atoms in total. The average molecular weight is 713 g/mol. The largest absolute Gasteiger partial charge is 0.462 e. The fourth-order valence-electron chi connectivity index (χ4n) is 4.52. The zero-order chi connectivity index (χ0) is 37.4. The summed E-state index contributed by atoms with van der Waals surface area (Å²) in [6.45, 7) is 2.96. The van der Waals surface area contributed by atoms with Crippen LogP contribution in [-0.4, -0.2) is 89.0 Å². The molecule has 6 atom stereocenters. The Bertz CT molecular complexity index is 1190. The first-order chi connectivity index (χ1) is 24.8. The molecule has 0 aromatic rings. The Morgan fingerprint density at radius 1 is 0.608 bits per heavy atom. The van der Waals surface area contributed by atoms with Crippen LogP contribution in [0.15, 0.2) is 109 Å². The fourth-order valence-corrected chi connectivity index (χ4v) is 4.52. The van der Waals surface area contributed by atoms with Crippen LogP contribution in [0.5, 0.6) is 0 Å². The number of unbranched alkanes of at least 4 members (excludes halogenated alkanes) is 4. The van der Waals surface area contributed by atoms with E-state index < -0.39 is 55.4 Å². The van der Waals surface area contributed by atoms with Gasteiger partial charge in [0.05, 0.1) is 13.2 Å². The van der Waals surface area contributed by atoms with Crippen LogP contribution in [-0.2, 0) is 28.5 Å². The molecule has 1 aliphatic heterocycles. The van der Waals surface area contributed by atoms with Gasteiger partial charge in [0.15, 0.2) is 12.4 Å². The summed E-state index contributed by atoms with van der Waals surface area (Å²) in [4.78, 5) is 25.1. The second-order valence-electron chi connectivity index (χ2n) is 11.8. The SMILES string of the molecule is CC/C=C/C=C/C=C/C=C/C=C/CCCC(=O)OC(COC(=O)CCCCC/C=C/C=C/C=C/C=C/CC)CO[C@H]1O[C@@H](CO)[C@@H](O)C(O)C1O. The van der Waals surface area contributed by atoms with Gasteiger partial charge in [0.25, 0.3) is 0 Å².